The van der Waals surface area contributed by atoms with E-state index in [1.54, 1.807) is 23.7 Å². The minimum Gasteiger partial charge on any atom is -0.288 e. The molecule has 0 amide bonds. The Bertz CT molecular complexity index is 954. The van der Waals surface area contributed by atoms with Crippen molar-refractivity contribution in [2.75, 3.05) is 0 Å². The van der Waals surface area contributed by atoms with Gasteiger partial charge in [0.15, 0.2) is 5.65 Å². The van der Waals surface area contributed by atoms with E-state index in [4.69, 9.17) is 0 Å². The molecular weight excluding hydrogens is 284 g/mol. The lowest BCUT2D eigenvalue weighted by molar-refractivity contribution is 0.905. The van der Waals surface area contributed by atoms with Crippen LogP contribution in [0.15, 0.2) is 59.0 Å². The Hall–Kier alpha value is -2.73. The van der Waals surface area contributed by atoms with E-state index in [9.17, 15) is 4.79 Å². The fraction of sp³-hybridized carbons (Fsp3) is 0. The average molecular weight is 294 g/mol. The number of aromatic nitrogens is 4. The third kappa shape index (κ3) is 2.05. The molecule has 0 saturated carbocycles. The molecule has 0 aromatic carbocycles. The van der Waals surface area contributed by atoms with Gasteiger partial charge in [0, 0.05) is 30.1 Å². The molecule has 0 aliphatic rings. The average Bonchev–Trinajstić information content (AvgIpc) is 3.17. The molecule has 4 aromatic heterocycles. The van der Waals surface area contributed by atoms with Crippen molar-refractivity contribution in [3.05, 3.63) is 64.5 Å². The summed E-state index contributed by atoms with van der Waals surface area (Å²) in [5, 5.41) is 5.08. The molecule has 0 unspecified atom stereocenters. The number of nitrogens with one attached hydrogen (secondary N) is 1. The molecule has 0 atom stereocenters. The van der Waals surface area contributed by atoms with Crippen LogP contribution in [0.1, 0.15) is 0 Å². The summed E-state index contributed by atoms with van der Waals surface area (Å²) in [6.07, 6.45) is 3.39. The highest BCUT2D eigenvalue weighted by molar-refractivity contribution is 7.13. The van der Waals surface area contributed by atoms with Crippen LogP contribution in [0.25, 0.3) is 27.5 Å². The van der Waals surface area contributed by atoms with Crippen molar-refractivity contribution >= 4 is 17.0 Å². The van der Waals surface area contributed by atoms with Crippen LogP contribution >= 0.6 is 11.3 Å². The van der Waals surface area contributed by atoms with Crippen molar-refractivity contribution < 1.29 is 0 Å². The predicted octanol–water partition coefficient (Wildman–Crippen LogP) is 2.81. The first kappa shape index (κ1) is 12.0. The molecule has 1 N–H and O–H groups in total. The highest BCUT2D eigenvalue weighted by Gasteiger charge is 2.09. The van der Waals surface area contributed by atoms with Crippen molar-refractivity contribution in [1.29, 1.82) is 0 Å². The van der Waals surface area contributed by atoms with Gasteiger partial charge in [-0.05, 0) is 23.6 Å². The summed E-state index contributed by atoms with van der Waals surface area (Å²) in [7, 11) is 0. The minimum atomic E-state index is -0.137. The molecule has 0 bridgehead atoms. The molecule has 6 heteroatoms. The number of hydrogen-bond acceptors (Lipinski definition) is 4. The summed E-state index contributed by atoms with van der Waals surface area (Å²) in [6.45, 7) is 0. The standard InChI is InChI=1S/C15H10N4OS/c20-15-8-11(10-3-1-5-16-9-10)17-14-7-12(18-19(14)15)13-4-2-6-21-13/h1-9,18H. The van der Waals surface area contributed by atoms with Crippen LogP contribution in [-0.2, 0) is 0 Å². The number of hydrogen-bond donors (Lipinski definition) is 1. The van der Waals surface area contributed by atoms with Gasteiger partial charge in [0.1, 0.15) is 0 Å². The summed E-state index contributed by atoms with van der Waals surface area (Å²) in [6, 6.07) is 11.1. The first-order valence-corrected chi connectivity index (χ1v) is 7.26. The van der Waals surface area contributed by atoms with E-state index in [0.29, 0.717) is 11.3 Å². The quantitative estimate of drug-likeness (QED) is 0.618. The number of fused-ring (bicyclic) bond motifs is 1. The van der Waals surface area contributed by atoms with E-state index in [-0.39, 0.29) is 5.56 Å². The van der Waals surface area contributed by atoms with Crippen LogP contribution in [-0.4, -0.2) is 19.6 Å². The van der Waals surface area contributed by atoms with Crippen LogP contribution in [0.3, 0.4) is 0 Å². The molecule has 4 rings (SSSR count). The van der Waals surface area contributed by atoms with Gasteiger partial charge in [0.25, 0.3) is 5.56 Å². The fourth-order valence-electron chi connectivity index (χ4n) is 2.21. The molecule has 0 fully saturated rings. The van der Waals surface area contributed by atoms with E-state index < -0.39 is 0 Å². The Morgan fingerprint density at radius 1 is 1.19 bits per heavy atom. The normalized spacial score (nSPS) is 11.0. The summed E-state index contributed by atoms with van der Waals surface area (Å²) < 4.78 is 1.45. The Labute approximate surface area is 123 Å². The first-order valence-electron chi connectivity index (χ1n) is 6.38. The number of pyridine rings is 1. The van der Waals surface area contributed by atoms with E-state index >= 15 is 0 Å². The van der Waals surface area contributed by atoms with Crippen molar-refractivity contribution in [3.8, 4) is 21.8 Å². The van der Waals surface area contributed by atoms with Crippen LogP contribution in [0, 0.1) is 0 Å². The lowest BCUT2D eigenvalue weighted by Gasteiger charge is -1.99. The largest absolute Gasteiger partial charge is 0.288 e. The predicted molar refractivity (Wildman–Crippen MR) is 82.4 cm³/mol. The zero-order valence-electron chi connectivity index (χ0n) is 10.9. The molecule has 0 saturated heterocycles. The van der Waals surface area contributed by atoms with E-state index in [2.05, 4.69) is 15.1 Å². The van der Waals surface area contributed by atoms with Gasteiger partial charge in [-0.2, -0.15) is 0 Å². The molecule has 21 heavy (non-hydrogen) atoms. The second-order valence-electron chi connectivity index (χ2n) is 4.56. The van der Waals surface area contributed by atoms with Crippen molar-refractivity contribution in [2.45, 2.75) is 0 Å². The molecule has 4 aromatic rings. The maximum Gasteiger partial charge on any atom is 0.273 e. The SMILES string of the molecule is O=c1cc(-c2cccnc2)nc2cc(-c3cccs3)[nH]n12. The molecule has 0 spiro atoms. The van der Waals surface area contributed by atoms with Gasteiger partial charge in [-0.1, -0.05) is 6.07 Å². The lowest BCUT2D eigenvalue weighted by atomic mass is 10.2. The van der Waals surface area contributed by atoms with Crippen molar-refractivity contribution in [3.63, 3.8) is 0 Å². The first-order chi connectivity index (χ1) is 10.3. The number of rotatable bonds is 2. The molecule has 5 nitrogen and oxygen atoms in total. The zero-order chi connectivity index (χ0) is 14.2. The summed E-state index contributed by atoms with van der Waals surface area (Å²) >= 11 is 1.61. The van der Waals surface area contributed by atoms with Crippen molar-refractivity contribution in [2.24, 2.45) is 0 Å². The van der Waals surface area contributed by atoms with Gasteiger partial charge in [-0.15, -0.1) is 11.3 Å². The second-order valence-corrected chi connectivity index (χ2v) is 5.51. The Balaban J connectivity index is 1.92. The maximum atomic E-state index is 12.2. The minimum absolute atomic E-state index is 0.137. The van der Waals surface area contributed by atoms with Gasteiger partial charge in [0.2, 0.25) is 0 Å². The third-order valence-corrected chi connectivity index (χ3v) is 4.10. The van der Waals surface area contributed by atoms with E-state index in [1.165, 1.54) is 10.6 Å². The summed E-state index contributed by atoms with van der Waals surface area (Å²) in [5.41, 5.74) is 2.81. The Kier molecular flexibility index (Phi) is 2.68. The maximum absolute atomic E-state index is 12.2. The third-order valence-electron chi connectivity index (χ3n) is 3.19. The molecule has 0 aliphatic carbocycles. The monoisotopic (exact) mass is 294 g/mol. The second kappa shape index (κ2) is 4.68. The van der Waals surface area contributed by atoms with Gasteiger partial charge in [-0.25, -0.2) is 9.50 Å². The van der Waals surface area contributed by atoms with Crippen LogP contribution in [0.5, 0.6) is 0 Å². The van der Waals surface area contributed by atoms with Gasteiger partial charge < -0.3 is 0 Å². The smallest absolute Gasteiger partial charge is 0.273 e. The topological polar surface area (TPSA) is 63.0 Å². The van der Waals surface area contributed by atoms with Crippen LogP contribution in [0.4, 0.5) is 0 Å². The number of H-pyrrole nitrogens is 1. The fourth-order valence-corrected chi connectivity index (χ4v) is 2.90. The molecule has 102 valence electrons. The van der Waals surface area contributed by atoms with Gasteiger partial charge >= 0.3 is 0 Å². The van der Waals surface area contributed by atoms with Crippen molar-refractivity contribution in [1.82, 2.24) is 19.6 Å². The van der Waals surface area contributed by atoms with Gasteiger partial charge in [-0.3, -0.25) is 14.9 Å². The van der Waals surface area contributed by atoms with Crippen LogP contribution < -0.4 is 5.56 Å². The van der Waals surface area contributed by atoms with Gasteiger partial charge in [0.05, 0.1) is 16.3 Å². The highest BCUT2D eigenvalue weighted by Crippen LogP contribution is 2.24. The van der Waals surface area contributed by atoms with Crippen LogP contribution in [0.2, 0.25) is 0 Å². The van der Waals surface area contributed by atoms with E-state index in [0.717, 1.165) is 16.1 Å². The Morgan fingerprint density at radius 2 is 2.14 bits per heavy atom. The molecular formula is C15H10N4OS. The lowest BCUT2D eigenvalue weighted by Crippen LogP contribution is -2.14. The number of nitrogens with zero attached hydrogens (tertiary/aromatic N) is 3. The summed E-state index contributed by atoms with van der Waals surface area (Å²) in [5.74, 6) is 0. The Morgan fingerprint density at radius 3 is 2.90 bits per heavy atom. The number of aromatic amines is 1. The van der Waals surface area contributed by atoms with E-state index in [1.807, 2.05) is 35.7 Å². The molecule has 0 aliphatic heterocycles. The summed E-state index contributed by atoms with van der Waals surface area (Å²) in [4.78, 5) is 21.9. The molecule has 4 heterocycles. The zero-order valence-corrected chi connectivity index (χ0v) is 11.7. The number of thiophene rings is 1. The highest BCUT2D eigenvalue weighted by atomic mass is 32.1. The molecule has 0 radical (unpaired) electrons.